The lowest BCUT2D eigenvalue weighted by atomic mass is 9.82. The largest absolute Gasteiger partial charge is 0.310 e. The maximum absolute atomic E-state index is 2.46. The maximum atomic E-state index is 2.46. The van der Waals surface area contributed by atoms with Crippen LogP contribution in [-0.2, 0) is 10.8 Å². The van der Waals surface area contributed by atoms with Crippen molar-refractivity contribution in [1.82, 2.24) is 4.57 Å². The second kappa shape index (κ2) is 11.9. The Hall–Kier alpha value is -6.64. The normalized spacial score (nSPS) is 14.4. The van der Waals surface area contributed by atoms with Crippen LogP contribution in [0.25, 0.3) is 60.9 Å². The van der Waals surface area contributed by atoms with E-state index in [0.29, 0.717) is 0 Å². The zero-order valence-electron chi connectivity index (χ0n) is 32.2. The fraction of sp³-hybridized carbons (Fsp3) is 0.111. The van der Waals surface area contributed by atoms with E-state index in [-0.39, 0.29) is 10.8 Å². The van der Waals surface area contributed by atoms with Gasteiger partial charge in [0.2, 0.25) is 0 Å². The minimum atomic E-state index is -0.101. The molecule has 2 heteroatoms. The molecule has 1 aromatic heterocycles. The molecule has 0 N–H and O–H groups in total. The first kappa shape index (κ1) is 32.8. The fourth-order valence-electron chi connectivity index (χ4n) is 10.0. The highest BCUT2D eigenvalue weighted by molar-refractivity contribution is 6.15. The summed E-state index contributed by atoms with van der Waals surface area (Å²) in [4.78, 5) is 2.46. The molecule has 0 bridgehead atoms. The van der Waals surface area contributed by atoms with Gasteiger partial charge in [0, 0.05) is 44.4 Å². The van der Waals surface area contributed by atoms with Gasteiger partial charge in [-0.25, -0.2) is 0 Å². The molecule has 0 amide bonds. The highest BCUT2D eigenvalue weighted by atomic mass is 15.1. The monoisotopic (exact) mass is 718 g/mol. The minimum Gasteiger partial charge on any atom is -0.310 e. The molecule has 0 unspecified atom stereocenters. The minimum absolute atomic E-state index is 0.101. The molecule has 0 saturated heterocycles. The third kappa shape index (κ3) is 4.62. The summed E-state index contributed by atoms with van der Waals surface area (Å²) < 4.78 is 2.39. The third-order valence-electron chi connectivity index (χ3n) is 12.8. The molecule has 9 aromatic rings. The van der Waals surface area contributed by atoms with Crippen molar-refractivity contribution in [3.63, 3.8) is 0 Å². The number of hydrogen-bond donors (Lipinski definition) is 0. The van der Waals surface area contributed by atoms with E-state index in [1.807, 2.05) is 0 Å². The molecule has 56 heavy (non-hydrogen) atoms. The van der Waals surface area contributed by atoms with Gasteiger partial charge in [-0.3, -0.25) is 0 Å². The first-order valence-electron chi connectivity index (χ1n) is 19.8. The van der Waals surface area contributed by atoms with Crippen LogP contribution in [-0.4, -0.2) is 4.57 Å². The van der Waals surface area contributed by atoms with Crippen LogP contribution in [0.3, 0.4) is 0 Å². The van der Waals surface area contributed by atoms with Gasteiger partial charge in [0.15, 0.2) is 0 Å². The van der Waals surface area contributed by atoms with Crippen molar-refractivity contribution in [3.8, 4) is 39.1 Å². The summed E-state index contributed by atoms with van der Waals surface area (Å²) in [7, 11) is 0. The Labute approximate surface area is 328 Å². The van der Waals surface area contributed by atoms with E-state index in [1.165, 1.54) is 94.5 Å². The average molecular weight is 719 g/mol. The van der Waals surface area contributed by atoms with Crippen LogP contribution in [0.1, 0.15) is 49.9 Å². The van der Waals surface area contributed by atoms with E-state index in [0.717, 1.165) is 5.69 Å². The van der Waals surface area contributed by atoms with E-state index < -0.39 is 0 Å². The number of aromatic nitrogens is 1. The van der Waals surface area contributed by atoms with Crippen molar-refractivity contribution < 1.29 is 0 Å². The zero-order valence-corrected chi connectivity index (χ0v) is 32.2. The highest BCUT2D eigenvalue weighted by Crippen LogP contribution is 2.53. The Morgan fingerprint density at radius 3 is 1.48 bits per heavy atom. The van der Waals surface area contributed by atoms with Gasteiger partial charge >= 0.3 is 0 Å². The number of fused-ring (bicyclic) bond motifs is 9. The van der Waals surface area contributed by atoms with E-state index in [4.69, 9.17) is 0 Å². The molecule has 0 aliphatic heterocycles. The van der Waals surface area contributed by atoms with Crippen molar-refractivity contribution in [2.75, 3.05) is 4.90 Å². The SMILES string of the molecule is CC1(C)c2ccccc2-c2ccc(N(c3ccc(-c4cccc5c4c4ccccc4n5-c4ccccc4)cc3)c3ccc4c(c3)C(C)(C)c3ccccc3-4)cc21. The second-order valence-electron chi connectivity index (χ2n) is 16.6. The number of para-hydroxylation sites is 2. The first-order valence-corrected chi connectivity index (χ1v) is 19.8. The molecule has 0 fully saturated rings. The Balaban J connectivity index is 1.08. The lowest BCUT2D eigenvalue weighted by Gasteiger charge is -2.30. The Kier molecular flexibility index (Phi) is 6.98. The predicted octanol–water partition coefficient (Wildman–Crippen LogP) is 14.5. The maximum Gasteiger partial charge on any atom is 0.0547 e. The molecule has 2 aliphatic carbocycles. The molecule has 2 aliphatic rings. The standard InChI is InChI=1S/C54H42N2/c1-53(2)46-21-11-8-17-41(46)43-31-29-38(33-48(43)53)55(39-30-32-44-42-18-9-12-22-47(42)54(3,4)49(44)34-39)37-27-25-35(26-28-37)40-20-14-24-51-52(40)45-19-10-13-23-50(45)56(51)36-15-6-5-7-16-36/h5-34H,1-4H3. The second-order valence-corrected chi connectivity index (χ2v) is 16.6. The van der Waals surface area contributed by atoms with Crippen LogP contribution in [0, 0.1) is 0 Å². The van der Waals surface area contributed by atoms with Gasteiger partial charge in [-0.2, -0.15) is 0 Å². The average Bonchev–Trinajstić information content (AvgIpc) is 3.78. The molecule has 1 heterocycles. The van der Waals surface area contributed by atoms with Crippen LogP contribution in [0.5, 0.6) is 0 Å². The molecule has 0 atom stereocenters. The fourth-order valence-corrected chi connectivity index (χ4v) is 10.0. The summed E-state index contributed by atoms with van der Waals surface area (Å²) in [5, 5.41) is 2.54. The summed E-state index contributed by atoms with van der Waals surface area (Å²) in [5.41, 5.74) is 20.2. The highest BCUT2D eigenvalue weighted by Gasteiger charge is 2.37. The van der Waals surface area contributed by atoms with E-state index in [2.05, 4.69) is 219 Å². The molecular weight excluding hydrogens is 677 g/mol. The van der Waals surface area contributed by atoms with Crippen molar-refractivity contribution in [3.05, 3.63) is 204 Å². The third-order valence-corrected chi connectivity index (χ3v) is 12.8. The molecule has 0 radical (unpaired) electrons. The Morgan fingerprint density at radius 2 is 0.857 bits per heavy atom. The summed E-state index contributed by atoms with van der Waals surface area (Å²) in [6.07, 6.45) is 0. The van der Waals surface area contributed by atoms with Crippen molar-refractivity contribution >= 4 is 38.9 Å². The Bertz CT molecular complexity index is 2910. The quantitative estimate of drug-likeness (QED) is 0.172. The van der Waals surface area contributed by atoms with Gasteiger partial charge < -0.3 is 9.47 Å². The van der Waals surface area contributed by atoms with Gasteiger partial charge in [-0.15, -0.1) is 0 Å². The molecule has 0 saturated carbocycles. The van der Waals surface area contributed by atoms with Gasteiger partial charge in [-0.1, -0.05) is 149 Å². The molecule has 8 aromatic carbocycles. The summed E-state index contributed by atoms with van der Waals surface area (Å²) in [6.45, 7) is 9.46. The van der Waals surface area contributed by atoms with Gasteiger partial charge in [0.25, 0.3) is 0 Å². The van der Waals surface area contributed by atoms with Crippen LogP contribution in [0.15, 0.2) is 182 Å². The number of nitrogens with zero attached hydrogens (tertiary/aromatic N) is 2. The van der Waals surface area contributed by atoms with E-state index in [9.17, 15) is 0 Å². The van der Waals surface area contributed by atoms with Gasteiger partial charge in [0.05, 0.1) is 11.0 Å². The number of hydrogen-bond acceptors (Lipinski definition) is 1. The Morgan fingerprint density at radius 1 is 0.375 bits per heavy atom. The van der Waals surface area contributed by atoms with E-state index >= 15 is 0 Å². The van der Waals surface area contributed by atoms with Gasteiger partial charge in [0.1, 0.15) is 0 Å². The predicted molar refractivity (Wildman–Crippen MR) is 236 cm³/mol. The van der Waals surface area contributed by atoms with Crippen molar-refractivity contribution in [2.45, 2.75) is 38.5 Å². The summed E-state index contributed by atoms with van der Waals surface area (Å²) in [6, 6.07) is 67.5. The lowest BCUT2D eigenvalue weighted by molar-refractivity contribution is 0.660. The smallest absolute Gasteiger partial charge is 0.0547 e. The summed E-state index contributed by atoms with van der Waals surface area (Å²) in [5.74, 6) is 0. The van der Waals surface area contributed by atoms with Crippen molar-refractivity contribution in [1.29, 1.82) is 0 Å². The number of rotatable bonds is 5. The molecule has 11 rings (SSSR count). The zero-order chi connectivity index (χ0) is 37.8. The van der Waals surface area contributed by atoms with Crippen LogP contribution in [0.4, 0.5) is 17.1 Å². The topological polar surface area (TPSA) is 8.17 Å². The first-order chi connectivity index (χ1) is 27.3. The van der Waals surface area contributed by atoms with Crippen LogP contribution < -0.4 is 4.90 Å². The molecule has 268 valence electrons. The van der Waals surface area contributed by atoms with Crippen LogP contribution >= 0.6 is 0 Å². The number of anilines is 3. The van der Waals surface area contributed by atoms with Crippen LogP contribution in [0.2, 0.25) is 0 Å². The molecule has 0 spiro atoms. The van der Waals surface area contributed by atoms with Crippen molar-refractivity contribution in [2.24, 2.45) is 0 Å². The summed E-state index contributed by atoms with van der Waals surface area (Å²) >= 11 is 0. The lowest BCUT2D eigenvalue weighted by Crippen LogP contribution is -2.18. The number of benzene rings is 8. The molecular formula is C54H42N2. The van der Waals surface area contributed by atoms with Gasteiger partial charge in [-0.05, 0) is 116 Å². The van der Waals surface area contributed by atoms with E-state index in [1.54, 1.807) is 0 Å². The molecule has 2 nitrogen and oxygen atoms in total.